The molecule has 0 aromatic heterocycles. The molecule has 0 fully saturated rings. The van der Waals surface area contributed by atoms with Crippen LogP contribution >= 0.6 is 0 Å². The number of hydrogen-bond acceptors (Lipinski definition) is 1. The Morgan fingerprint density at radius 3 is 2.62 bits per heavy atom. The summed E-state index contributed by atoms with van der Waals surface area (Å²) < 4.78 is 0. The van der Waals surface area contributed by atoms with Crippen molar-refractivity contribution >= 4 is 5.97 Å². The molecule has 0 amide bonds. The highest BCUT2D eigenvalue weighted by Crippen LogP contribution is 2.10. The maximum absolute atomic E-state index is 10.5. The zero-order chi connectivity index (χ0) is 10.1. The summed E-state index contributed by atoms with van der Waals surface area (Å²) in [7, 11) is 0. The fourth-order valence-corrected chi connectivity index (χ4v) is 1.17. The Morgan fingerprint density at radius 2 is 2.08 bits per heavy atom. The van der Waals surface area contributed by atoms with Crippen molar-refractivity contribution in [2.75, 3.05) is 0 Å². The lowest BCUT2D eigenvalue weighted by Crippen LogP contribution is -2.08. The van der Waals surface area contributed by atoms with Gasteiger partial charge in [-0.2, -0.15) is 0 Å². The van der Waals surface area contributed by atoms with Crippen LogP contribution in [0.1, 0.15) is 52.4 Å². The lowest BCUT2D eigenvalue weighted by molar-refractivity contribution is -0.141. The molecule has 0 saturated heterocycles. The first-order valence-corrected chi connectivity index (χ1v) is 5.23. The van der Waals surface area contributed by atoms with Crippen LogP contribution in [0.25, 0.3) is 0 Å². The molecule has 13 heavy (non-hydrogen) atoms. The van der Waals surface area contributed by atoms with Crippen LogP contribution in [-0.2, 0) is 4.79 Å². The molecule has 0 spiro atoms. The molecule has 0 bridgehead atoms. The standard InChI is InChI=1S/C11H21O2/c1-3-4-5-6-7-8-9-10(2)11(12)13/h7,10H,3-6,8-9H2,1-2H3,(H,12,13). The predicted octanol–water partition coefficient (Wildman–Crippen LogP) is 3.27. The summed E-state index contributed by atoms with van der Waals surface area (Å²) in [5.41, 5.74) is 0. The second-order valence-electron chi connectivity index (χ2n) is 3.60. The number of carboxylic acids is 1. The quantitative estimate of drug-likeness (QED) is 0.589. The van der Waals surface area contributed by atoms with E-state index in [1.165, 1.54) is 19.3 Å². The van der Waals surface area contributed by atoms with Gasteiger partial charge in [0.15, 0.2) is 0 Å². The number of aliphatic carboxylic acids is 1. The van der Waals surface area contributed by atoms with Crippen molar-refractivity contribution in [1.29, 1.82) is 0 Å². The maximum Gasteiger partial charge on any atom is 0.306 e. The normalized spacial score (nSPS) is 12.8. The lowest BCUT2D eigenvalue weighted by Gasteiger charge is -2.04. The third-order valence-corrected chi connectivity index (χ3v) is 2.24. The van der Waals surface area contributed by atoms with E-state index in [9.17, 15) is 4.79 Å². The van der Waals surface area contributed by atoms with Crippen LogP contribution in [0.3, 0.4) is 0 Å². The van der Waals surface area contributed by atoms with Crippen LogP contribution in [0, 0.1) is 12.3 Å². The Morgan fingerprint density at radius 1 is 1.38 bits per heavy atom. The molecule has 0 saturated carbocycles. The number of carboxylic acid groups (broad SMARTS) is 1. The van der Waals surface area contributed by atoms with Gasteiger partial charge >= 0.3 is 5.97 Å². The third-order valence-electron chi connectivity index (χ3n) is 2.24. The molecule has 0 aromatic rings. The predicted molar refractivity (Wildman–Crippen MR) is 54.5 cm³/mol. The summed E-state index contributed by atoms with van der Waals surface area (Å²) in [5, 5.41) is 8.61. The summed E-state index contributed by atoms with van der Waals surface area (Å²) in [6, 6.07) is 0. The Kier molecular flexibility index (Phi) is 7.76. The molecule has 0 aliphatic heterocycles. The van der Waals surface area contributed by atoms with Crippen LogP contribution in [0.15, 0.2) is 0 Å². The van der Waals surface area contributed by atoms with Gasteiger partial charge in [0.2, 0.25) is 0 Å². The summed E-state index contributed by atoms with van der Waals surface area (Å²) in [6.07, 6.45) is 8.86. The number of rotatable bonds is 8. The van der Waals surface area contributed by atoms with E-state index in [-0.39, 0.29) is 5.92 Å². The van der Waals surface area contributed by atoms with E-state index in [2.05, 4.69) is 13.3 Å². The number of unbranched alkanes of at least 4 members (excludes halogenated alkanes) is 5. The molecular formula is C11H21O2. The van der Waals surface area contributed by atoms with E-state index in [1.807, 2.05) is 0 Å². The molecule has 1 radical (unpaired) electrons. The highest BCUT2D eigenvalue weighted by Gasteiger charge is 2.09. The van der Waals surface area contributed by atoms with Crippen molar-refractivity contribution < 1.29 is 9.90 Å². The van der Waals surface area contributed by atoms with E-state index >= 15 is 0 Å². The average Bonchev–Trinajstić information content (AvgIpc) is 2.10. The van der Waals surface area contributed by atoms with Gasteiger partial charge in [0.05, 0.1) is 5.92 Å². The van der Waals surface area contributed by atoms with E-state index in [1.54, 1.807) is 6.92 Å². The van der Waals surface area contributed by atoms with Crippen molar-refractivity contribution in [1.82, 2.24) is 0 Å². The van der Waals surface area contributed by atoms with Crippen LogP contribution in [0.4, 0.5) is 0 Å². The van der Waals surface area contributed by atoms with Crippen molar-refractivity contribution in [2.24, 2.45) is 5.92 Å². The fourth-order valence-electron chi connectivity index (χ4n) is 1.17. The van der Waals surface area contributed by atoms with E-state index in [0.717, 1.165) is 19.3 Å². The average molecular weight is 185 g/mol. The zero-order valence-corrected chi connectivity index (χ0v) is 8.75. The molecule has 0 aromatic carbocycles. The van der Waals surface area contributed by atoms with Crippen LogP contribution in [0.5, 0.6) is 0 Å². The fraction of sp³-hybridized carbons (Fsp3) is 0.818. The zero-order valence-electron chi connectivity index (χ0n) is 8.75. The van der Waals surface area contributed by atoms with Gasteiger partial charge in [0.25, 0.3) is 0 Å². The topological polar surface area (TPSA) is 37.3 Å². The molecule has 2 heteroatoms. The highest BCUT2D eigenvalue weighted by atomic mass is 16.4. The van der Waals surface area contributed by atoms with Crippen molar-refractivity contribution in [3.8, 4) is 0 Å². The molecule has 1 atom stereocenters. The second kappa shape index (κ2) is 8.09. The molecule has 0 aliphatic rings. The van der Waals surface area contributed by atoms with Gasteiger partial charge < -0.3 is 5.11 Å². The Hall–Kier alpha value is -0.530. The summed E-state index contributed by atoms with van der Waals surface area (Å²) >= 11 is 0. The first kappa shape index (κ1) is 12.5. The van der Waals surface area contributed by atoms with Gasteiger partial charge in [-0.3, -0.25) is 4.79 Å². The Balaban J connectivity index is 3.11. The van der Waals surface area contributed by atoms with Crippen molar-refractivity contribution in [2.45, 2.75) is 52.4 Å². The van der Waals surface area contributed by atoms with Gasteiger partial charge in [-0.15, -0.1) is 0 Å². The largest absolute Gasteiger partial charge is 0.481 e. The summed E-state index contributed by atoms with van der Waals surface area (Å²) in [4.78, 5) is 10.5. The Labute approximate surface area is 81.3 Å². The van der Waals surface area contributed by atoms with Crippen molar-refractivity contribution in [3.05, 3.63) is 6.42 Å². The van der Waals surface area contributed by atoms with Gasteiger partial charge in [0.1, 0.15) is 0 Å². The third kappa shape index (κ3) is 7.82. The number of carbonyl (C=O) groups is 1. The number of hydrogen-bond donors (Lipinski definition) is 1. The minimum atomic E-state index is -0.679. The van der Waals surface area contributed by atoms with Gasteiger partial charge in [-0.05, 0) is 19.3 Å². The van der Waals surface area contributed by atoms with Crippen LogP contribution < -0.4 is 0 Å². The molecule has 0 rings (SSSR count). The molecule has 2 nitrogen and oxygen atoms in total. The molecule has 77 valence electrons. The highest BCUT2D eigenvalue weighted by molar-refractivity contribution is 5.69. The van der Waals surface area contributed by atoms with E-state index in [4.69, 9.17) is 5.11 Å². The Bertz CT molecular complexity index is 132. The molecule has 0 heterocycles. The monoisotopic (exact) mass is 185 g/mol. The lowest BCUT2D eigenvalue weighted by atomic mass is 10.0. The molecule has 0 aliphatic carbocycles. The molecule has 1 unspecified atom stereocenters. The van der Waals surface area contributed by atoms with Crippen LogP contribution in [0.2, 0.25) is 0 Å². The van der Waals surface area contributed by atoms with Crippen molar-refractivity contribution in [3.63, 3.8) is 0 Å². The summed E-state index contributed by atoms with van der Waals surface area (Å²) in [5.74, 6) is -0.871. The van der Waals surface area contributed by atoms with Gasteiger partial charge in [-0.1, -0.05) is 39.5 Å². The minimum absolute atomic E-state index is 0.192. The second-order valence-corrected chi connectivity index (χ2v) is 3.60. The maximum atomic E-state index is 10.5. The first-order chi connectivity index (χ1) is 6.18. The van der Waals surface area contributed by atoms with Gasteiger partial charge in [-0.25, -0.2) is 0 Å². The van der Waals surface area contributed by atoms with Gasteiger partial charge in [0, 0.05) is 0 Å². The summed E-state index contributed by atoms with van der Waals surface area (Å²) in [6.45, 7) is 3.95. The molecular weight excluding hydrogens is 164 g/mol. The van der Waals surface area contributed by atoms with E-state index < -0.39 is 5.97 Å². The van der Waals surface area contributed by atoms with E-state index in [0.29, 0.717) is 0 Å². The first-order valence-electron chi connectivity index (χ1n) is 5.23. The SMILES string of the molecule is CCCCC[CH]CCC(C)C(=O)O. The minimum Gasteiger partial charge on any atom is -0.481 e. The van der Waals surface area contributed by atoms with Crippen LogP contribution in [-0.4, -0.2) is 11.1 Å². The molecule has 1 N–H and O–H groups in total. The smallest absolute Gasteiger partial charge is 0.306 e.